The van der Waals surface area contributed by atoms with Gasteiger partial charge in [-0.15, -0.1) is 0 Å². The molecule has 2 aromatic rings. The van der Waals surface area contributed by atoms with E-state index in [1.54, 1.807) is 18.2 Å². The maximum atomic E-state index is 13.6. The van der Waals surface area contributed by atoms with Crippen LogP contribution in [0.1, 0.15) is 12.5 Å². The maximum absolute atomic E-state index is 13.6. The molecule has 0 saturated heterocycles. The van der Waals surface area contributed by atoms with Crippen LogP contribution in [0.25, 0.3) is 0 Å². The van der Waals surface area contributed by atoms with Crippen molar-refractivity contribution >= 4 is 17.3 Å². The molecule has 0 amide bonds. The minimum absolute atomic E-state index is 0.0342. The monoisotopic (exact) mass is 283 g/mol. The molecular formula is C14H12ClF2NO. The lowest BCUT2D eigenvalue weighted by Crippen LogP contribution is -1.98. The normalized spacial score (nSPS) is 10.5. The van der Waals surface area contributed by atoms with Crippen molar-refractivity contribution in [3.05, 3.63) is 52.6 Å². The Morgan fingerprint density at radius 3 is 2.63 bits per heavy atom. The van der Waals surface area contributed by atoms with E-state index in [9.17, 15) is 8.78 Å². The van der Waals surface area contributed by atoms with Crippen LogP contribution in [0.3, 0.4) is 0 Å². The summed E-state index contributed by atoms with van der Waals surface area (Å²) in [6.45, 7) is 1.93. The fourth-order valence-electron chi connectivity index (χ4n) is 1.65. The zero-order chi connectivity index (χ0) is 14.0. The number of hydrogen-bond donors (Lipinski definition) is 1. The summed E-state index contributed by atoms with van der Waals surface area (Å²) in [6.07, 6.45) is 0.706. The molecule has 0 radical (unpaired) electrons. The summed E-state index contributed by atoms with van der Waals surface area (Å²) in [4.78, 5) is 0. The van der Waals surface area contributed by atoms with Crippen molar-refractivity contribution < 1.29 is 13.5 Å². The average molecular weight is 284 g/mol. The summed E-state index contributed by atoms with van der Waals surface area (Å²) in [7, 11) is 0. The van der Waals surface area contributed by atoms with Gasteiger partial charge in [-0.1, -0.05) is 18.5 Å². The molecule has 0 fully saturated rings. The molecular weight excluding hydrogens is 272 g/mol. The number of nitrogens with two attached hydrogens (primary N) is 1. The highest BCUT2D eigenvalue weighted by Gasteiger charge is 2.14. The number of nitrogen functional groups attached to an aromatic ring is 1. The smallest absolute Gasteiger partial charge is 0.203 e. The van der Waals surface area contributed by atoms with Crippen LogP contribution in [0, 0.1) is 11.6 Å². The average Bonchev–Trinajstić information content (AvgIpc) is 2.41. The Labute approximate surface area is 114 Å². The zero-order valence-electron chi connectivity index (χ0n) is 10.2. The van der Waals surface area contributed by atoms with Crippen molar-refractivity contribution in [3.8, 4) is 11.5 Å². The van der Waals surface area contributed by atoms with Crippen molar-refractivity contribution in [2.45, 2.75) is 13.3 Å². The first-order valence-corrected chi connectivity index (χ1v) is 6.10. The van der Waals surface area contributed by atoms with E-state index in [2.05, 4.69) is 0 Å². The first kappa shape index (κ1) is 13.6. The van der Waals surface area contributed by atoms with Crippen LogP contribution in [0.15, 0.2) is 30.3 Å². The molecule has 19 heavy (non-hydrogen) atoms. The third-order valence-corrected chi connectivity index (χ3v) is 3.07. The molecule has 0 saturated carbocycles. The molecule has 0 aliphatic rings. The molecule has 0 aliphatic heterocycles. The molecule has 0 atom stereocenters. The predicted octanol–water partition coefficient (Wildman–Crippen LogP) is 4.56. The Bertz CT molecular complexity index is 617. The first-order chi connectivity index (χ1) is 9.02. The van der Waals surface area contributed by atoms with Gasteiger partial charge in [0.1, 0.15) is 5.75 Å². The second-order valence-corrected chi connectivity index (χ2v) is 4.40. The van der Waals surface area contributed by atoms with Crippen molar-refractivity contribution in [1.29, 1.82) is 0 Å². The van der Waals surface area contributed by atoms with Gasteiger partial charge in [0.15, 0.2) is 11.6 Å². The number of hydrogen-bond acceptors (Lipinski definition) is 2. The molecule has 0 aromatic heterocycles. The lowest BCUT2D eigenvalue weighted by Gasteiger charge is -2.11. The van der Waals surface area contributed by atoms with Gasteiger partial charge in [-0.05, 0) is 42.3 Å². The molecule has 2 rings (SSSR count). The van der Waals surface area contributed by atoms with Crippen LogP contribution in [-0.2, 0) is 6.42 Å². The van der Waals surface area contributed by atoms with Crippen molar-refractivity contribution in [2.75, 3.05) is 5.73 Å². The van der Waals surface area contributed by atoms with E-state index < -0.39 is 11.6 Å². The van der Waals surface area contributed by atoms with Crippen LogP contribution in [0.2, 0.25) is 5.02 Å². The third kappa shape index (κ3) is 2.79. The summed E-state index contributed by atoms with van der Waals surface area (Å²) in [5.41, 5.74) is 6.47. The number of benzene rings is 2. The molecule has 2 aromatic carbocycles. The molecule has 2 nitrogen and oxygen atoms in total. The molecule has 0 unspecified atom stereocenters. The SMILES string of the molecule is CCc1cc(Oc2c(N)ccc(F)c2F)ccc1Cl. The van der Waals surface area contributed by atoms with Crippen LogP contribution in [-0.4, -0.2) is 0 Å². The number of anilines is 1. The molecule has 0 bridgehead atoms. The number of ether oxygens (including phenoxy) is 1. The fourth-order valence-corrected chi connectivity index (χ4v) is 1.91. The quantitative estimate of drug-likeness (QED) is 0.838. The van der Waals surface area contributed by atoms with Gasteiger partial charge < -0.3 is 10.5 Å². The van der Waals surface area contributed by atoms with Gasteiger partial charge in [0.2, 0.25) is 5.82 Å². The van der Waals surface area contributed by atoms with Gasteiger partial charge in [-0.25, -0.2) is 4.39 Å². The standard InChI is InChI=1S/C14H12ClF2NO/c1-2-8-7-9(3-4-10(8)15)19-14-12(18)6-5-11(16)13(14)17/h3-7H,2,18H2,1H3. The molecule has 0 spiro atoms. The molecule has 2 N–H and O–H groups in total. The summed E-state index contributed by atoms with van der Waals surface area (Å²) in [6, 6.07) is 7.10. The van der Waals surface area contributed by atoms with Crippen LogP contribution >= 0.6 is 11.6 Å². The van der Waals surface area contributed by atoms with Crippen molar-refractivity contribution in [2.24, 2.45) is 0 Å². The second kappa shape index (κ2) is 5.45. The van der Waals surface area contributed by atoms with Gasteiger partial charge in [-0.3, -0.25) is 0 Å². The van der Waals surface area contributed by atoms with E-state index in [0.717, 1.165) is 11.6 Å². The highest BCUT2D eigenvalue weighted by atomic mass is 35.5. The Morgan fingerprint density at radius 2 is 1.95 bits per heavy atom. The number of halogens is 3. The van der Waals surface area contributed by atoms with Gasteiger partial charge in [-0.2, -0.15) is 4.39 Å². The zero-order valence-corrected chi connectivity index (χ0v) is 11.0. The number of aryl methyl sites for hydroxylation is 1. The summed E-state index contributed by atoms with van der Waals surface area (Å²) < 4.78 is 32.1. The molecule has 100 valence electrons. The van der Waals surface area contributed by atoms with Crippen molar-refractivity contribution in [1.82, 2.24) is 0 Å². The molecule has 0 aliphatic carbocycles. The van der Waals surface area contributed by atoms with Crippen LogP contribution < -0.4 is 10.5 Å². The maximum Gasteiger partial charge on any atom is 0.203 e. The highest BCUT2D eigenvalue weighted by molar-refractivity contribution is 6.31. The van der Waals surface area contributed by atoms with Crippen LogP contribution in [0.4, 0.5) is 14.5 Å². The number of rotatable bonds is 3. The first-order valence-electron chi connectivity index (χ1n) is 5.72. The largest absolute Gasteiger partial charge is 0.452 e. The second-order valence-electron chi connectivity index (χ2n) is 3.99. The predicted molar refractivity (Wildman–Crippen MR) is 71.7 cm³/mol. The Balaban J connectivity index is 2.39. The topological polar surface area (TPSA) is 35.2 Å². The lowest BCUT2D eigenvalue weighted by molar-refractivity contribution is 0.418. The van der Waals surface area contributed by atoms with E-state index >= 15 is 0 Å². The van der Waals surface area contributed by atoms with Gasteiger partial charge in [0.25, 0.3) is 0 Å². The van der Waals surface area contributed by atoms with E-state index in [1.807, 2.05) is 6.92 Å². The van der Waals surface area contributed by atoms with E-state index in [1.165, 1.54) is 6.07 Å². The summed E-state index contributed by atoms with van der Waals surface area (Å²) in [5.74, 6) is -2.07. The Hall–Kier alpha value is -1.81. The molecule has 5 heteroatoms. The van der Waals surface area contributed by atoms with Gasteiger partial charge in [0.05, 0.1) is 5.69 Å². The Morgan fingerprint density at radius 1 is 1.21 bits per heavy atom. The van der Waals surface area contributed by atoms with E-state index in [0.29, 0.717) is 17.2 Å². The van der Waals surface area contributed by atoms with E-state index in [-0.39, 0.29) is 11.4 Å². The summed E-state index contributed by atoms with van der Waals surface area (Å²) in [5, 5.41) is 0.600. The van der Waals surface area contributed by atoms with Gasteiger partial charge >= 0.3 is 0 Å². The van der Waals surface area contributed by atoms with Gasteiger partial charge in [0, 0.05) is 5.02 Å². The fraction of sp³-hybridized carbons (Fsp3) is 0.143. The minimum Gasteiger partial charge on any atom is -0.452 e. The minimum atomic E-state index is -1.10. The Kier molecular flexibility index (Phi) is 3.90. The highest BCUT2D eigenvalue weighted by Crippen LogP contribution is 2.33. The van der Waals surface area contributed by atoms with E-state index in [4.69, 9.17) is 22.1 Å². The molecule has 0 heterocycles. The van der Waals surface area contributed by atoms with Crippen molar-refractivity contribution in [3.63, 3.8) is 0 Å². The lowest BCUT2D eigenvalue weighted by atomic mass is 10.1. The van der Waals surface area contributed by atoms with Crippen LogP contribution in [0.5, 0.6) is 11.5 Å². The third-order valence-electron chi connectivity index (χ3n) is 2.70. The summed E-state index contributed by atoms with van der Waals surface area (Å²) >= 11 is 5.97.